The molecule has 356 valence electrons. The number of hydrogen-bond donors (Lipinski definition) is 0. The zero-order chi connectivity index (χ0) is 44.4. The summed E-state index contributed by atoms with van der Waals surface area (Å²) in [5.74, 6) is -0.881. The summed E-state index contributed by atoms with van der Waals surface area (Å²) in [6.45, 7) is 6.58. The number of esters is 3. The van der Waals surface area contributed by atoms with Gasteiger partial charge in [-0.2, -0.15) is 0 Å². The smallest absolute Gasteiger partial charge is 0.306 e. The van der Waals surface area contributed by atoms with Gasteiger partial charge in [0.25, 0.3) is 0 Å². The highest BCUT2D eigenvalue weighted by molar-refractivity contribution is 5.71. The van der Waals surface area contributed by atoms with Gasteiger partial charge in [-0.1, -0.05) is 218 Å². The van der Waals surface area contributed by atoms with E-state index in [0.717, 1.165) is 70.6 Å². The molecule has 1 atom stereocenters. The summed E-state index contributed by atoms with van der Waals surface area (Å²) in [5, 5.41) is 0. The van der Waals surface area contributed by atoms with Crippen LogP contribution in [0, 0.1) is 0 Å². The van der Waals surface area contributed by atoms with Crippen LogP contribution in [0.3, 0.4) is 0 Å². The molecule has 1 unspecified atom stereocenters. The van der Waals surface area contributed by atoms with Crippen LogP contribution in [0.25, 0.3) is 0 Å². The van der Waals surface area contributed by atoms with Crippen molar-refractivity contribution in [2.45, 2.75) is 284 Å². The van der Waals surface area contributed by atoms with E-state index in [9.17, 15) is 14.4 Å². The first-order valence-electron chi connectivity index (χ1n) is 26.5. The molecule has 61 heavy (non-hydrogen) atoms. The predicted molar refractivity (Wildman–Crippen MR) is 261 cm³/mol. The maximum Gasteiger partial charge on any atom is 0.306 e. The number of ether oxygens (including phenoxy) is 3. The Balaban J connectivity index is 4.23. The highest BCUT2D eigenvalue weighted by atomic mass is 16.6. The van der Waals surface area contributed by atoms with Crippen molar-refractivity contribution in [2.24, 2.45) is 0 Å². The number of unbranched alkanes of at least 4 members (excludes halogenated alkanes) is 31. The zero-order valence-electron chi connectivity index (χ0n) is 40.7. The standard InChI is InChI=1S/C55H100O6/c1-4-7-10-13-16-18-20-22-24-26-27-29-30-32-34-36-39-42-45-48-54(57)60-51-52(50-59-53(56)47-44-41-38-15-12-9-6-3)61-55(58)49-46-43-40-37-35-33-31-28-25-23-21-19-17-14-11-8-5-2/h17,19,22-25,52H,4-16,18,20-21,26-51H2,1-3H3/b19-17-,24-22-,25-23-. The van der Waals surface area contributed by atoms with Crippen molar-refractivity contribution >= 4 is 17.9 Å². The first-order valence-corrected chi connectivity index (χ1v) is 26.5. The lowest BCUT2D eigenvalue weighted by Gasteiger charge is -2.18. The summed E-state index contributed by atoms with van der Waals surface area (Å²) in [6.07, 6.45) is 58.6. The van der Waals surface area contributed by atoms with Crippen LogP contribution in [0.2, 0.25) is 0 Å². The second-order valence-corrected chi connectivity index (χ2v) is 17.8. The van der Waals surface area contributed by atoms with Gasteiger partial charge in [-0.15, -0.1) is 0 Å². The topological polar surface area (TPSA) is 78.9 Å². The van der Waals surface area contributed by atoms with E-state index in [-0.39, 0.29) is 31.1 Å². The second kappa shape index (κ2) is 50.3. The Morgan fingerprint density at radius 3 is 0.951 bits per heavy atom. The summed E-state index contributed by atoms with van der Waals surface area (Å²) >= 11 is 0. The van der Waals surface area contributed by atoms with Gasteiger partial charge in [-0.05, 0) is 77.0 Å². The molecule has 0 aromatic rings. The summed E-state index contributed by atoms with van der Waals surface area (Å²) in [4.78, 5) is 37.8. The molecule has 6 nitrogen and oxygen atoms in total. The fraction of sp³-hybridized carbons (Fsp3) is 0.836. The predicted octanol–water partition coefficient (Wildman–Crippen LogP) is 17.3. The van der Waals surface area contributed by atoms with Crippen molar-refractivity contribution in [3.63, 3.8) is 0 Å². The molecular formula is C55H100O6. The second-order valence-electron chi connectivity index (χ2n) is 17.8. The fourth-order valence-corrected chi connectivity index (χ4v) is 7.59. The quantitative estimate of drug-likeness (QED) is 0.0262. The Morgan fingerprint density at radius 2 is 0.590 bits per heavy atom. The van der Waals surface area contributed by atoms with E-state index in [1.165, 1.54) is 167 Å². The Kier molecular flexibility index (Phi) is 48.3. The summed E-state index contributed by atoms with van der Waals surface area (Å²) in [5.41, 5.74) is 0. The molecule has 0 aliphatic heterocycles. The van der Waals surface area contributed by atoms with E-state index in [1.54, 1.807) is 0 Å². The minimum Gasteiger partial charge on any atom is -0.462 e. The largest absolute Gasteiger partial charge is 0.462 e. The van der Waals surface area contributed by atoms with Gasteiger partial charge in [0.15, 0.2) is 6.10 Å². The van der Waals surface area contributed by atoms with Gasteiger partial charge in [0.1, 0.15) is 13.2 Å². The van der Waals surface area contributed by atoms with E-state index in [0.29, 0.717) is 19.3 Å². The highest BCUT2D eigenvalue weighted by Gasteiger charge is 2.19. The normalized spacial score (nSPS) is 12.2. The van der Waals surface area contributed by atoms with Crippen molar-refractivity contribution in [1.82, 2.24) is 0 Å². The van der Waals surface area contributed by atoms with Crippen LogP contribution in [0.4, 0.5) is 0 Å². The Labute approximate surface area is 378 Å². The monoisotopic (exact) mass is 857 g/mol. The molecule has 0 radical (unpaired) electrons. The van der Waals surface area contributed by atoms with Gasteiger partial charge in [0.05, 0.1) is 0 Å². The average Bonchev–Trinajstić information content (AvgIpc) is 3.26. The van der Waals surface area contributed by atoms with Crippen molar-refractivity contribution in [3.8, 4) is 0 Å². The zero-order valence-corrected chi connectivity index (χ0v) is 40.7. The maximum atomic E-state index is 12.8. The maximum absolute atomic E-state index is 12.8. The van der Waals surface area contributed by atoms with Gasteiger partial charge in [0, 0.05) is 19.3 Å². The van der Waals surface area contributed by atoms with Crippen molar-refractivity contribution in [1.29, 1.82) is 0 Å². The van der Waals surface area contributed by atoms with Gasteiger partial charge in [-0.3, -0.25) is 14.4 Å². The van der Waals surface area contributed by atoms with Crippen molar-refractivity contribution < 1.29 is 28.6 Å². The van der Waals surface area contributed by atoms with Gasteiger partial charge < -0.3 is 14.2 Å². The molecule has 0 aromatic carbocycles. The molecule has 6 heteroatoms. The molecule has 0 aliphatic rings. The molecule has 0 aromatic heterocycles. The molecule has 0 spiro atoms. The fourth-order valence-electron chi connectivity index (χ4n) is 7.59. The van der Waals surface area contributed by atoms with Crippen molar-refractivity contribution in [3.05, 3.63) is 36.5 Å². The minimum atomic E-state index is -0.772. The van der Waals surface area contributed by atoms with Crippen LogP contribution in [0.5, 0.6) is 0 Å². The lowest BCUT2D eigenvalue weighted by molar-refractivity contribution is -0.167. The number of rotatable bonds is 48. The number of carbonyl (C=O) groups excluding carboxylic acids is 3. The van der Waals surface area contributed by atoms with Gasteiger partial charge >= 0.3 is 17.9 Å². The third kappa shape index (κ3) is 48.5. The van der Waals surface area contributed by atoms with Crippen LogP contribution in [-0.4, -0.2) is 37.2 Å². The SMILES string of the molecule is CCCCC/C=C\C/C=C\CCCCCCCCCC(=O)OC(COC(=O)CCCCCCCCC)COC(=O)CCCCCCCCCCC/C=C\CCCCCCCC. The van der Waals surface area contributed by atoms with Crippen LogP contribution in [-0.2, 0) is 28.6 Å². The van der Waals surface area contributed by atoms with E-state index in [2.05, 4.69) is 57.2 Å². The first-order chi connectivity index (χ1) is 30.0. The molecular weight excluding hydrogens is 757 g/mol. The van der Waals surface area contributed by atoms with Crippen LogP contribution in [0.15, 0.2) is 36.5 Å². The third-order valence-corrected chi connectivity index (χ3v) is 11.6. The first kappa shape index (κ1) is 58.6. The summed E-state index contributed by atoms with van der Waals surface area (Å²) in [7, 11) is 0. The Hall–Kier alpha value is -2.37. The molecule has 0 saturated carbocycles. The van der Waals surface area contributed by atoms with E-state index in [1.807, 2.05) is 0 Å². The third-order valence-electron chi connectivity index (χ3n) is 11.6. The Morgan fingerprint density at radius 1 is 0.328 bits per heavy atom. The molecule has 0 fully saturated rings. The van der Waals surface area contributed by atoms with Gasteiger partial charge in [0.2, 0.25) is 0 Å². The molecule has 0 bridgehead atoms. The van der Waals surface area contributed by atoms with E-state index >= 15 is 0 Å². The summed E-state index contributed by atoms with van der Waals surface area (Å²) in [6, 6.07) is 0. The average molecular weight is 857 g/mol. The number of hydrogen-bond acceptors (Lipinski definition) is 6. The Bertz CT molecular complexity index is 1030. The van der Waals surface area contributed by atoms with Crippen LogP contribution < -0.4 is 0 Å². The molecule has 0 amide bonds. The number of allylic oxidation sites excluding steroid dienone is 6. The number of carbonyl (C=O) groups is 3. The van der Waals surface area contributed by atoms with E-state index < -0.39 is 6.10 Å². The molecule has 0 N–H and O–H groups in total. The van der Waals surface area contributed by atoms with Crippen LogP contribution >= 0.6 is 0 Å². The molecule has 0 saturated heterocycles. The van der Waals surface area contributed by atoms with Gasteiger partial charge in [-0.25, -0.2) is 0 Å². The molecule has 0 heterocycles. The van der Waals surface area contributed by atoms with E-state index in [4.69, 9.17) is 14.2 Å². The molecule has 0 aliphatic carbocycles. The minimum absolute atomic E-state index is 0.0742. The lowest BCUT2D eigenvalue weighted by Crippen LogP contribution is -2.30. The van der Waals surface area contributed by atoms with Crippen molar-refractivity contribution in [2.75, 3.05) is 13.2 Å². The summed E-state index contributed by atoms with van der Waals surface area (Å²) < 4.78 is 16.7. The lowest BCUT2D eigenvalue weighted by atomic mass is 10.1. The molecule has 0 rings (SSSR count). The van der Waals surface area contributed by atoms with Crippen LogP contribution in [0.1, 0.15) is 278 Å². The highest BCUT2D eigenvalue weighted by Crippen LogP contribution is 2.15.